The topological polar surface area (TPSA) is 87.7 Å². The molecule has 0 spiro atoms. The molecule has 0 aromatic heterocycles. The Morgan fingerprint density at radius 1 is 1.21 bits per heavy atom. The Kier molecular flexibility index (Phi) is 5.20. The van der Waals surface area contributed by atoms with Crippen molar-refractivity contribution in [2.75, 3.05) is 28.7 Å². The molecule has 2 heterocycles. The Hall–Kier alpha value is -3.35. The van der Waals surface area contributed by atoms with Gasteiger partial charge in [-0.1, -0.05) is 19.1 Å². The van der Waals surface area contributed by atoms with Crippen molar-refractivity contribution in [3.63, 3.8) is 0 Å². The second kappa shape index (κ2) is 7.95. The molecular weight excluding hydrogens is 370 g/mol. The van der Waals surface area contributed by atoms with Crippen molar-refractivity contribution < 1.29 is 19.1 Å². The molecule has 0 aliphatic carbocycles. The monoisotopic (exact) mass is 393 g/mol. The number of carbonyl (C=O) groups is 3. The van der Waals surface area contributed by atoms with E-state index in [1.54, 1.807) is 12.1 Å². The summed E-state index contributed by atoms with van der Waals surface area (Å²) in [5.41, 5.74) is 3.64. The molecule has 1 atom stereocenters. The molecule has 2 aliphatic rings. The van der Waals surface area contributed by atoms with Crippen molar-refractivity contribution in [2.45, 2.75) is 32.2 Å². The second-order valence-electron chi connectivity index (χ2n) is 7.25. The molecule has 2 aromatic rings. The molecular formula is C22H23N3O4. The predicted octanol–water partition coefficient (Wildman–Crippen LogP) is 2.97. The third-order valence-electron chi connectivity index (χ3n) is 5.34. The summed E-state index contributed by atoms with van der Waals surface area (Å²) in [4.78, 5) is 38.7. The van der Waals surface area contributed by atoms with E-state index < -0.39 is 11.9 Å². The maximum Gasteiger partial charge on any atom is 0.338 e. The van der Waals surface area contributed by atoms with Crippen molar-refractivity contribution in [2.24, 2.45) is 0 Å². The van der Waals surface area contributed by atoms with E-state index in [-0.39, 0.29) is 18.6 Å². The number of aryl methyl sites for hydroxylation is 1. The largest absolute Gasteiger partial charge is 0.452 e. The van der Waals surface area contributed by atoms with Crippen molar-refractivity contribution in [3.05, 3.63) is 53.6 Å². The highest BCUT2D eigenvalue weighted by Gasteiger charge is 2.36. The van der Waals surface area contributed by atoms with Crippen LogP contribution in [0.2, 0.25) is 0 Å². The van der Waals surface area contributed by atoms with E-state index in [0.29, 0.717) is 16.9 Å². The van der Waals surface area contributed by atoms with Crippen LogP contribution in [0.3, 0.4) is 0 Å². The Balaban J connectivity index is 1.37. The molecule has 0 unspecified atom stereocenters. The fourth-order valence-electron chi connectivity index (χ4n) is 3.79. The smallest absolute Gasteiger partial charge is 0.338 e. The molecule has 1 fully saturated rings. The van der Waals surface area contributed by atoms with E-state index in [9.17, 15) is 14.4 Å². The molecule has 0 saturated carbocycles. The minimum absolute atomic E-state index is 0.0472. The number of anilines is 3. The number of fused-ring (bicyclic) bond motifs is 3. The number of hydrogen-bond acceptors (Lipinski definition) is 5. The maximum atomic E-state index is 12.4. The first kappa shape index (κ1) is 19.0. The number of nitrogens with one attached hydrogen (secondary N) is 2. The Morgan fingerprint density at radius 3 is 2.76 bits per heavy atom. The van der Waals surface area contributed by atoms with Gasteiger partial charge in [-0.05, 0) is 55.2 Å². The number of nitrogens with zero attached hydrogens (tertiary/aromatic N) is 1. The van der Waals surface area contributed by atoms with E-state index in [4.69, 9.17) is 4.74 Å². The predicted molar refractivity (Wildman–Crippen MR) is 110 cm³/mol. The molecule has 150 valence electrons. The van der Waals surface area contributed by atoms with Crippen LogP contribution in [0, 0.1) is 0 Å². The van der Waals surface area contributed by atoms with Crippen LogP contribution in [0.15, 0.2) is 42.5 Å². The molecule has 0 bridgehead atoms. The zero-order valence-corrected chi connectivity index (χ0v) is 16.2. The summed E-state index contributed by atoms with van der Waals surface area (Å²) >= 11 is 0. The van der Waals surface area contributed by atoms with Crippen LogP contribution < -0.4 is 15.5 Å². The van der Waals surface area contributed by atoms with Crippen LogP contribution in [0.4, 0.5) is 17.1 Å². The fraction of sp³-hybridized carbons (Fsp3) is 0.318. The lowest BCUT2D eigenvalue weighted by Gasteiger charge is -2.33. The first-order chi connectivity index (χ1) is 14.0. The molecule has 4 rings (SSSR count). The van der Waals surface area contributed by atoms with Gasteiger partial charge in [-0.25, -0.2) is 4.79 Å². The summed E-state index contributed by atoms with van der Waals surface area (Å²) in [5, 5.41) is 5.57. The zero-order valence-electron chi connectivity index (χ0n) is 16.2. The number of ether oxygens (including phenoxy) is 1. The first-order valence-electron chi connectivity index (χ1n) is 9.82. The van der Waals surface area contributed by atoms with Crippen LogP contribution in [-0.2, 0) is 20.7 Å². The van der Waals surface area contributed by atoms with Gasteiger partial charge in [0.15, 0.2) is 6.61 Å². The van der Waals surface area contributed by atoms with Crippen molar-refractivity contribution in [3.8, 4) is 0 Å². The van der Waals surface area contributed by atoms with Gasteiger partial charge in [-0.3, -0.25) is 9.59 Å². The number of hydrogen-bond donors (Lipinski definition) is 2. The van der Waals surface area contributed by atoms with Gasteiger partial charge in [0.2, 0.25) is 5.91 Å². The lowest BCUT2D eigenvalue weighted by molar-refractivity contribution is -0.119. The number of amides is 2. The highest BCUT2D eigenvalue weighted by molar-refractivity contribution is 6.05. The maximum absolute atomic E-state index is 12.4. The third-order valence-corrected chi connectivity index (χ3v) is 5.34. The minimum atomic E-state index is -0.609. The summed E-state index contributed by atoms with van der Waals surface area (Å²) in [5.74, 6) is -1.06. The summed E-state index contributed by atoms with van der Waals surface area (Å²) in [6, 6.07) is 12.5. The van der Waals surface area contributed by atoms with Crippen LogP contribution >= 0.6 is 0 Å². The van der Waals surface area contributed by atoms with Crippen molar-refractivity contribution >= 4 is 34.8 Å². The first-order valence-corrected chi connectivity index (χ1v) is 9.82. The van der Waals surface area contributed by atoms with Gasteiger partial charge in [0.25, 0.3) is 5.91 Å². The Morgan fingerprint density at radius 2 is 2.00 bits per heavy atom. The van der Waals surface area contributed by atoms with Crippen LogP contribution in [-0.4, -0.2) is 37.0 Å². The van der Waals surface area contributed by atoms with Crippen LogP contribution in [0.5, 0.6) is 0 Å². The third kappa shape index (κ3) is 3.94. The van der Waals surface area contributed by atoms with Gasteiger partial charge >= 0.3 is 5.97 Å². The number of benzene rings is 2. The van der Waals surface area contributed by atoms with Crippen molar-refractivity contribution in [1.29, 1.82) is 0 Å². The SMILES string of the molecule is CCc1ccc(NC(=O)COC(=O)c2ccc3c(c2)NC(=O)[C@H]2CCCN32)cc1. The number of carbonyl (C=O) groups excluding carboxylic acids is 3. The quantitative estimate of drug-likeness (QED) is 0.763. The standard InChI is InChI=1S/C22H23N3O4/c1-2-14-5-8-16(9-6-14)23-20(26)13-29-22(28)15-7-10-18-17(12-15)24-21(27)19-4-3-11-25(18)19/h5-10,12,19H,2-4,11,13H2,1H3,(H,23,26)(H,24,27)/t19-/m1/s1. The van der Waals surface area contributed by atoms with Gasteiger partial charge in [-0.15, -0.1) is 0 Å². The normalized spacial score (nSPS) is 17.2. The van der Waals surface area contributed by atoms with Gasteiger partial charge in [0.05, 0.1) is 16.9 Å². The highest BCUT2D eigenvalue weighted by Crippen LogP contribution is 2.37. The van der Waals surface area contributed by atoms with E-state index in [0.717, 1.165) is 31.5 Å². The van der Waals surface area contributed by atoms with Gasteiger partial charge in [0, 0.05) is 12.2 Å². The van der Waals surface area contributed by atoms with Crippen LogP contribution in [0.25, 0.3) is 0 Å². The molecule has 0 radical (unpaired) electrons. The molecule has 7 nitrogen and oxygen atoms in total. The van der Waals surface area contributed by atoms with E-state index in [2.05, 4.69) is 22.5 Å². The van der Waals surface area contributed by atoms with Gasteiger partial charge < -0.3 is 20.3 Å². The molecule has 1 saturated heterocycles. The number of rotatable bonds is 5. The molecule has 2 amide bonds. The zero-order chi connectivity index (χ0) is 20.4. The summed E-state index contributed by atoms with van der Waals surface area (Å²) in [6.07, 6.45) is 2.73. The molecule has 2 aliphatic heterocycles. The molecule has 2 N–H and O–H groups in total. The minimum Gasteiger partial charge on any atom is -0.452 e. The van der Waals surface area contributed by atoms with E-state index in [1.165, 1.54) is 5.56 Å². The summed E-state index contributed by atoms with van der Waals surface area (Å²) in [7, 11) is 0. The van der Waals surface area contributed by atoms with Crippen molar-refractivity contribution in [1.82, 2.24) is 0 Å². The average Bonchev–Trinajstić information content (AvgIpc) is 3.23. The van der Waals surface area contributed by atoms with E-state index in [1.807, 2.05) is 30.3 Å². The number of esters is 1. The average molecular weight is 393 g/mol. The molecule has 2 aromatic carbocycles. The summed E-state index contributed by atoms with van der Waals surface area (Å²) in [6.45, 7) is 2.50. The fourth-order valence-corrected chi connectivity index (χ4v) is 3.79. The highest BCUT2D eigenvalue weighted by atomic mass is 16.5. The second-order valence-corrected chi connectivity index (χ2v) is 7.25. The Bertz CT molecular complexity index is 955. The summed E-state index contributed by atoms with van der Waals surface area (Å²) < 4.78 is 5.13. The van der Waals surface area contributed by atoms with Gasteiger partial charge in [-0.2, -0.15) is 0 Å². The van der Waals surface area contributed by atoms with Crippen LogP contribution in [0.1, 0.15) is 35.7 Å². The lowest BCUT2D eigenvalue weighted by atomic mass is 10.1. The molecule has 29 heavy (non-hydrogen) atoms. The lowest BCUT2D eigenvalue weighted by Crippen LogP contribution is -2.43. The van der Waals surface area contributed by atoms with E-state index >= 15 is 0 Å². The molecule has 7 heteroatoms. The Labute approximate surface area is 169 Å². The van der Waals surface area contributed by atoms with Gasteiger partial charge in [0.1, 0.15) is 6.04 Å².